The standard InChI is InChI=1S/C64H128NO4.U/c1-5-9-13-17-21-25-27-30-34-42-52-62(51-41-33-29-23-19-15-11-7-3)61-68-59-49-39-37-45-55-65(57-47-48-58-66)56-46-38-40-50-60-69-64(67)63(53-43-35-31-24-20-16-12-8-4)54-44-36-32-28-26-22-18-14-10-6-2;/h61-63,66H,5-60H2,1-4H3;/q-1;. The predicted molar refractivity (Wildman–Crippen MR) is 305 cm³/mol. The van der Waals surface area contributed by atoms with Crippen LogP contribution in [0.4, 0.5) is 0 Å². The van der Waals surface area contributed by atoms with Gasteiger partial charge in [0.1, 0.15) is 0 Å². The van der Waals surface area contributed by atoms with Crippen LogP contribution < -0.4 is 0 Å². The molecule has 2 atom stereocenters. The van der Waals surface area contributed by atoms with E-state index in [4.69, 9.17) is 9.47 Å². The first-order chi connectivity index (χ1) is 34.1. The van der Waals surface area contributed by atoms with Crippen LogP contribution in [0.2, 0.25) is 0 Å². The first-order valence-electron chi connectivity index (χ1n) is 32.1. The Morgan fingerprint density at radius 2 is 0.657 bits per heavy atom. The molecular formula is C64H128NO4U-. The molecular weight excluding hydrogens is 1080 g/mol. The minimum atomic E-state index is 0. The van der Waals surface area contributed by atoms with Gasteiger partial charge in [0.2, 0.25) is 0 Å². The van der Waals surface area contributed by atoms with E-state index in [-0.39, 0.29) is 43.0 Å². The maximum absolute atomic E-state index is 13.3. The van der Waals surface area contributed by atoms with E-state index in [0.29, 0.717) is 19.1 Å². The molecule has 0 aliphatic rings. The van der Waals surface area contributed by atoms with E-state index in [2.05, 4.69) is 39.2 Å². The van der Waals surface area contributed by atoms with Gasteiger partial charge in [-0.25, -0.2) is 6.61 Å². The number of rotatable bonds is 61. The maximum atomic E-state index is 13.3. The van der Waals surface area contributed by atoms with Gasteiger partial charge in [-0.15, -0.1) is 5.92 Å². The van der Waals surface area contributed by atoms with Crippen molar-refractivity contribution in [1.29, 1.82) is 0 Å². The first kappa shape index (κ1) is 72.5. The molecule has 6 heteroatoms. The summed E-state index contributed by atoms with van der Waals surface area (Å²) in [4.78, 5) is 16.0. The van der Waals surface area contributed by atoms with Gasteiger partial charge in [0.25, 0.3) is 0 Å². The van der Waals surface area contributed by atoms with Crippen molar-refractivity contribution in [3.8, 4) is 0 Å². The zero-order valence-corrected chi connectivity index (χ0v) is 52.6. The number of carbonyl (C=O) groups is 1. The molecule has 0 saturated carbocycles. The van der Waals surface area contributed by atoms with Crippen LogP contribution in [-0.2, 0) is 14.3 Å². The van der Waals surface area contributed by atoms with Crippen molar-refractivity contribution >= 4 is 5.97 Å². The van der Waals surface area contributed by atoms with Gasteiger partial charge in [0, 0.05) is 44.3 Å². The fourth-order valence-corrected chi connectivity index (χ4v) is 10.4. The van der Waals surface area contributed by atoms with Crippen LogP contribution in [0.15, 0.2) is 0 Å². The molecule has 5 nitrogen and oxygen atoms in total. The third kappa shape index (κ3) is 56.1. The van der Waals surface area contributed by atoms with Gasteiger partial charge in [-0.05, 0) is 71.0 Å². The van der Waals surface area contributed by atoms with Crippen LogP contribution in [-0.4, -0.2) is 55.4 Å². The summed E-state index contributed by atoms with van der Waals surface area (Å²) in [5, 5.41) is 9.45. The zero-order valence-electron chi connectivity index (χ0n) is 48.4. The Labute approximate surface area is 465 Å². The summed E-state index contributed by atoms with van der Waals surface area (Å²) in [6, 6.07) is 0. The Morgan fingerprint density at radius 3 is 1.01 bits per heavy atom. The van der Waals surface area contributed by atoms with Crippen LogP contribution in [0.1, 0.15) is 349 Å². The Balaban J connectivity index is 0. The second-order valence-corrected chi connectivity index (χ2v) is 22.2. The largest absolute Gasteiger partial charge is 0.552 e. The first-order valence-corrected chi connectivity index (χ1v) is 32.1. The van der Waals surface area contributed by atoms with Gasteiger partial charge in [-0.1, -0.05) is 297 Å². The third-order valence-electron chi connectivity index (χ3n) is 15.3. The second-order valence-electron chi connectivity index (χ2n) is 22.2. The minimum Gasteiger partial charge on any atom is -0.552 e. The molecule has 0 aromatic heterocycles. The monoisotopic (exact) mass is 1210 g/mol. The Kier molecular flexibility index (Phi) is 65.9. The van der Waals surface area contributed by atoms with Gasteiger partial charge in [0.05, 0.1) is 12.5 Å². The number of aliphatic hydroxyl groups excluding tert-OH is 1. The fraction of sp³-hybridized carbons (Fsp3) is 0.969. The number of aliphatic hydroxyl groups is 1. The molecule has 0 saturated heterocycles. The molecule has 0 aromatic carbocycles. The van der Waals surface area contributed by atoms with Crippen molar-refractivity contribution in [2.45, 2.75) is 349 Å². The number of nitrogens with zero attached hydrogens (tertiary/aromatic N) is 1. The molecule has 0 aliphatic heterocycles. The normalized spacial score (nSPS) is 12.5. The third-order valence-corrected chi connectivity index (χ3v) is 15.3. The van der Waals surface area contributed by atoms with Crippen LogP contribution in [0.5, 0.6) is 0 Å². The summed E-state index contributed by atoms with van der Waals surface area (Å²) >= 11 is 0. The van der Waals surface area contributed by atoms with Crippen LogP contribution >= 0.6 is 0 Å². The van der Waals surface area contributed by atoms with E-state index < -0.39 is 0 Å². The summed E-state index contributed by atoms with van der Waals surface area (Å²) in [5.41, 5.74) is 0. The summed E-state index contributed by atoms with van der Waals surface area (Å²) in [7, 11) is 0. The number of hydrogen-bond donors (Lipinski definition) is 1. The van der Waals surface area contributed by atoms with E-state index in [1.54, 1.807) is 0 Å². The number of carbonyl (C=O) groups excluding carboxylic acids is 1. The topological polar surface area (TPSA) is 59.0 Å². The Morgan fingerprint density at radius 1 is 0.371 bits per heavy atom. The van der Waals surface area contributed by atoms with E-state index >= 15 is 0 Å². The van der Waals surface area contributed by atoms with E-state index in [1.165, 1.54) is 276 Å². The van der Waals surface area contributed by atoms with Crippen molar-refractivity contribution in [3.63, 3.8) is 0 Å². The van der Waals surface area contributed by atoms with Gasteiger partial charge in [-0.3, -0.25) is 4.79 Å². The SMILES string of the molecule is CCCCCCCCCCCCC([CH-]OCCCCCCN(CCCCO)CCCCCCOC(=O)C(CCCCCCCCCC)CCCCCCCCCCCC)CCCCCCCCCC.[U]. The Bertz CT molecular complexity index is 952. The molecule has 1 N–H and O–H groups in total. The van der Waals surface area contributed by atoms with Gasteiger partial charge >= 0.3 is 5.97 Å². The van der Waals surface area contributed by atoms with Crippen LogP contribution in [0, 0.1) is 49.6 Å². The predicted octanol–water partition coefficient (Wildman–Crippen LogP) is 20.8. The van der Waals surface area contributed by atoms with Gasteiger partial charge in [-0.2, -0.15) is 0 Å². The van der Waals surface area contributed by atoms with Crippen molar-refractivity contribution in [2.75, 3.05) is 39.5 Å². The van der Waals surface area contributed by atoms with Crippen LogP contribution in [0.3, 0.4) is 0 Å². The molecule has 0 radical (unpaired) electrons. The maximum Gasteiger partial charge on any atom is 0.308 e. The van der Waals surface area contributed by atoms with E-state index in [0.717, 1.165) is 71.2 Å². The molecule has 0 spiro atoms. The molecule has 0 bridgehead atoms. The second kappa shape index (κ2) is 63.7. The molecule has 418 valence electrons. The smallest absolute Gasteiger partial charge is 0.308 e. The Hall–Kier alpha value is 0.402. The van der Waals surface area contributed by atoms with Gasteiger partial charge < -0.3 is 19.5 Å². The van der Waals surface area contributed by atoms with Crippen molar-refractivity contribution < 1.29 is 50.5 Å². The minimum absolute atomic E-state index is 0. The molecule has 0 aliphatic carbocycles. The van der Waals surface area contributed by atoms with E-state index in [1.807, 2.05) is 0 Å². The summed E-state index contributed by atoms with van der Waals surface area (Å²) in [5.74, 6) is 0.821. The number of hydrogen-bond acceptors (Lipinski definition) is 5. The molecule has 0 heterocycles. The van der Waals surface area contributed by atoms with Gasteiger partial charge in [0.15, 0.2) is 0 Å². The number of esters is 1. The molecule has 2 unspecified atom stereocenters. The molecule has 0 amide bonds. The van der Waals surface area contributed by atoms with Crippen molar-refractivity contribution in [3.05, 3.63) is 6.61 Å². The van der Waals surface area contributed by atoms with Crippen molar-refractivity contribution in [1.82, 2.24) is 4.90 Å². The average molecular weight is 1210 g/mol. The molecule has 0 rings (SSSR count). The van der Waals surface area contributed by atoms with E-state index in [9.17, 15) is 9.90 Å². The fourth-order valence-electron chi connectivity index (χ4n) is 10.4. The molecule has 0 fully saturated rings. The molecule has 0 aromatic rings. The number of unbranched alkanes of at least 4 members (excludes halogenated alkanes) is 39. The summed E-state index contributed by atoms with van der Waals surface area (Å²) < 4.78 is 12.2. The quantitative estimate of drug-likeness (QED) is 0.0374. The summed E-state index contributed by atoms with van der Waals surface area (Å²) in [6.45, 7) is 16.6. The van der Waals surface area contributed by atoms with Crippen molar-refractivity contribution in [2.24, 2.45) is 11.8 Å². The number of ether oxygens (including phenoxy) is 2. The van der Waals surface area contributed by atoms with Crippen LogP contribution in [0.25, 0.3) is 0 Å². The zero-order chi connectivity index (χ0) is 50.0. The average Bonchev–Trinajstić information content (AvgIpc) is 3.35. The molecule has 70 heavy (non-hydrogen) atoms. The summed E-state index contributed by atoms with van der Waals surface area (Å²) in [6.07, 6.45) is 65.3.